The Morgan fingerprint density at radius 3 is 2.55 bits per heavy atom. The van der Waals surface area contributed by atoms with Crippen LogP contribution in [0.2, 0.25) is 0 Å². The maximum atomic E-state index is 4.81. The molecule has 2 N–H and O–H groups in total. The Labute approximate surface area is 195 Å². The average Bonchev–Trinajstić information content (AvgIpc) is 2.91. The van der Waals surface area contributed by atoms with E-state index in [1.807, 2.05) is 11.7 Å². The molecule has 6 nitrogen and oxygen atoms in total. The van der Waals surface area contributed by atoms with Gasteiger partial charge in [-0.25, -0.2) is 0 Å². The Morgan fingerprint density at radius 2 is 1.97 bits per heavy atom. The molecule has 1 aromatic heterocycles. The first-order chi connectivity index (χ1) is 13.4. The van der Waals surface area contributed by atoms with Crippen LogP contribution in [0, 0.1) is 13.8 Å². The number of nitrogens with one attached hydrogen (secondary N) is 2. The van der Waals surface area contributed by atoms with Gasteiger partial charge in [0.2, 0.25) is 0 Å². The number of hydrogen-bond acceptors (Lipinski definition) is 3. The SMILES string of the molecule is CCNC(=NCCCN(C)C1CCCCC1)NC(C)Cc1c(C)nn(C)c1C.I. The Balaban J connectivity index is 0.00000420. The summed E-state index contributed by atoms with van der Waals surface area (Å²) in [7, 11) is 4.30. The summed E-state index contributed by atoms with van der Waals surface area (Å²) in [5.74, 6) is 0.925. The molecule has 1 fully saturated rings. The van der Waals surface area contributed by atoms with E-state index in [1.54, 1.807) is 0 Å². The lowest BCUT2D eigenvalue weighted by atomic mass is 9.94. The Bertz CT molecular complexity index is 621. The highest BCUT2D eigenvalue weighted by Gasteiger charge is 2.17. The van der Waals surface area contributed by atoms with E-state index in [-0.39, 0.29) is 24.0 Å². The van der Waals surface area contributed by atoms with Crippen molar-refractivity contribution in [2.45, 2.75) is 84.7 Å². The van der Waals surface area contributed by atoms with E-state index in [0.717, 1.165) is 50.2 Å². The van der Waals surface area contributed by atoms with Crippen LogP contribution in [0.15, 0.2) is 4.99 Å². The number of halogens is 1. The van der Waals surface area contributed by atoms with Gasteiger partial charge in [0.1, 0.15) is 0 Å². The molecule has 1 saturated carbocycles. The van der Waals surface area contributed by atoms with Crippen LogP contribution in [0.1, 0.15) is 69.3 Å². The summed E-state index contributed by atoms with van der Waals surface area (Å²) in [4.78, 5) is 7.36. The summed E-state index contributed by atoms with van der Waals surface area (Å²) >= 11 is 0. The summed E-state index contributed by atoms with van der Waals surface area (Å²) in [6, 6.07) is 1.10. The summed E-state index contributed by atoms with van der Waals surface area (Å²) < 4.78 is 1.97. The molecule has 1 aromatic rings. The minimum atomic E-state index is 0. The highest BCUT2D eigenvalue weighted by Crippen LogP contribution is 2.21. The molecule has 0 amide bonds. The monoisotopic (exact) mass is 518 g/mol. The first-order valence-electron chi connectivity index (χ1n) is 11.2. The lowest BCUT2D eigenvalue weighted by Crippen LogP contribution is -2.43. The molecule has 1 aliphatic carbocycles. The number of guanidine groups is 1. The predicted molar refractivity (Wildman–Crippen MR) is 134 cm³/mol. The summed E-state index contributed by atoms with van der Waals surface area (Å²) in [6.07, 6.45) is 9.02. The predicted octanol–water partition coefficient (Wildman–Crippen LogP) is 3.80. The van der Waals surface area contributed by atoms with Crippen LogP contribution < -0.4 is 10.6 Å². The van der Waals surface area contributed by atoms with Crippen molar-refractivity contribution in [3.8, 4) is 0 Å². The molecule has 2 rings (SSSR count). The fourth-order valence-corrected chi connectivity index (χ4v) is 4.24. The van der Waals surface area contributed by atoms with Crippen LogP contribution in [0.25, 0.3) is 0 Å². The molecule has 0 aromatic carbocycles. The third kappa shape index (κ3) is 8.44. The van der Waals surface area contributed by atoms with E-state index in [2.05, 4.69) is 55.4 Å². The van der Waals surface area contributed by atoms with Gasteiger partial charge in [0.25, 0.3) is 0 Å². The molecule has 7 heteroatoms. The molecule has 0 spiro atoms. The van der Waals surface area contributed by atoms with Crippen molar-refractivity contribution in [1.82, 2.24) is 25.3 Å². The quantitative estimate of drug-likeness (QED) is 0.226. The van der Waals surface area contributed by atoms with Crippen molar-refractivity contribution in [2.24, 2.45) is 12.0 Å². The summed E-state index contributed by atoms with van der Waals surface area (Å²) in [5.41, 5.74) is 3.72. The molecule has 1 aliphatic rings. The molecule has 1 atom stereocenters. The molecule has 0 bridgehead atoms. The number of aromatic nitrogens is 2. The minimum Gasteiger partial charge on any atom is -0.357 e. The van der Waals surface area contributed by atoms with Crippen LogP contribution in [0.3, 0.4) is 0 Å². The molecule has 1 heterocycles. The lowest BCUT2D eigenvalue weighted by molar-refractivity contribution is 0.191. The fraction of sp³-hybridized carbons (Fsp3) is 0.818. The fourth-order valence-electron chi connectivity index (χ4n) is 4.24. The van der Waals surface area contributed by atoms with Gasteiger partial charge < -0.3 is 15.5 Å². The van der Waals surface area contributed by atoms with Crippen LogP contribution in [-0.2, 0) is 13.5 Å². The van der Waals surface area contributed by atoms with Crippen LogP contribution >= 0.6 is 24.0 Å². The van der Waals surface area contributed by atoms with Gasteiger partial charge in [-0.3, -0.25) is 9.67 Å². The van der Waals surface area contributed by atoms with Crippen LogP contribution in [-0.4, -0.2) is 59.4 Å². The van der Waals surface area contributed by atoms with E-state index < -0.39 is 0 Å². The molecule has 0 radical (unpaired) electrons. The Hall–Kier alpha value is -0.830. The van der Waals surface area contributed by atoms with E-state index >= 15 is 0 Å². The van der Waals surface area contributed by atoms with Crippen molar-refractivity contribution in [2.75, 3.05) is 26.7 Å². The third-order valence-electron chi connectivity index (χ3n) is 6.03. The van der Waals surface area contributed by atoms with Crippen molar-refractivity contribution in [1.29, 1.82) is 0 Å². The second-order valence-corrected chi connectivity index (χ2v) is 8.41. The van der Waals surface area contributed by atoms with E-state index in [0.29, 0.717) is 6.04 Å². The van der Waals surface area contributed by atoms with E-state index in [4.69, 9.17) is 4.99 Å². The zero-order valence-electron chi connectivity index (χ0n) is 19.4. The number of hydrogen-bond donors (Lipinski definition) is 2. The largest absolute Gasteiger partial charge is 0.357 e. The smallest absolute Gasteiger partial charge is 0.191 e. The second kappa shape index (κ2) is 13.5. The molecule has 0 aliphatic heterocycles. The third-order valence-corrected chi connectivity index (χ3v) is 6.03. The van der Waals surface area contributed by atoms with Gasteiger partial charge in [-0.05, 0) is 72.5 Å². The molecular weight excluding hydrogens is 475 g/mol. The molecular formula is C22H43IN6. The summed E-state index contributed by atoms with van der Waals surface area (Å²) in [5, 5.41) is 11.5. The summed E-state index contributed by atoms with van der Waals surface area (Å²) in [6.45, 7) is 11.5. The van der Waals surface area contributed by atoms with Gasteiger partial charge in [-0.1, -0.05) is 19.3 Å². The normalized spacial score (nSPS) is 16.6. The number of nitrogens with zero attached hydrogens (tertiary/aromatic N) is 4. The van der Waals surface area contributed by atoms with Crippen LogP contribution in [0.5, 0.6) is 0 Å². The molecule has 1 unspecified atom stereocenters. The van der Waals surface area contributed by atoms with Gasteiger partial charge in [0.05, 0.1) is 5.69 Å². The highest BCUT2D eigenvalue weighted by molar-refractivity contribution is 14.0. The zero-order valence-corrected chi connectivity index (χ0v) is 21.8. The maximum absolute atomic E-state index is 4.81. The topological polar surface area (TPSA) is 57.5 Å². The number of aliphatic imine (C=N–C) groups is 1. The van der Waals surface area contributed by atoms with Crippen LogP contribution in [0.4, 0.5) is 0 Å². The van der Waals surface area contributed by atoms with Crippen molar-refractivity contribution in [3.05, 3.63) is 17.0 Å². The van der Waals surface area contributed by atoms with Gasteiger partial charge in [0, 0.05) is 37.9 Å². The van der Waals surface area contributed by atoms with Gasteiger partial charge in [-0.15, -0.1) is 24.0 Å². The lowest BCUT2D eigenvalue weighted by Gasteiger charge is -2.31. The van der Waals surface area contributed by atoms with Crippen molar-refractivity contribution in [3.63, 3.8) is 0 Å². The Morgan fingerprint density at radius 1 is 1.28 bits per heavy atom. The highest BCUT2D eigenvalue weighted by atomic mass is 127. The van der Waals surface area contributed by atoms with Crippen molar-refractivity contribution < 1.29 is 0 Å². The minimum absolute atomic E-state index is 0. The first-order valence-corrected chi connectivity index (χ1v) is 11.2. The zero-order chi connectivity index (χ0) is 20.5. The Kier molecular flexibility index (Phi) is 12.2. The van der Waals surface area contributed by atoms with Gasteiger partial charge in [-0.2, -0.15) is 5.10 Å². The second-order valence-electron chi connectivity index (χ2n) is 8.41. The van der Waals surface area contributed by atoms with E-state index in [1.165, 1.54) is 43.4 Å². The van der Waals surface area contributed by atoms with E-state index in [9.17, 15) is 0 Å². The molecule has 0 saturated heterocycles. The number of rotatable bonds is 9. The standard InChI is InChI=1S/C22H42N6.HI/c1-7-23-22(24-14-11-15-27(5)20-12-9-8-10-13-20)25-17(2)16-21-18(3)26-28(6)19(21)4;/h17,20H,7-16H2,1-6H3,(H2,23,24,25);1H. The van der Waals surface area contributed by atoms with Gasteiger partial charge >= 0.3 is 0 Å². The molecule has 168 valence electrons. The number of aryl methyl sites for hydroxylation is 2. The first kappa shape index (κ1) is 26.2. The molecule has 29 heavy (non-hydrogen) atoms. The van der Waals surface area contributed by atoms with Crippen molar-refractivity contribution >= 4 is 29.9 Å². The average molecular weight is 519 g/mol. The maximum Gasteiger partial charge on any atom is 0.191 e. The van der Waals surface area contributed by atoms with Gasteiger partial charge in [0.15, 0.2) is 5.96 Å².